The summed E-state index contributed by atoms with van der Waals surface area (Å²) < 4.78 is 5.62. The Kier molecular flexibility index (Phi) is 4.49. The SMILES string of the molecule is C[C@@H](O)c1ccnc(Oc2ccc(CCO)cc2)c1. The van der Waals surface area contributed by atoms with Crippen LogP contribution in [-0.2, 0) is 6.42 Å². The highest BCUT2D eigenvalue weighted by Gasteiger charge is 2.04. The lowest BCUT2D eigenvalue weighted by Crippen LogP contribution is -1.94. The summed E-state index contributed by atoms with van der Waals surface area (Å²) in [6, 6.07) is 11.0. The van der Waals surface area contributed by atoms with Gasteiger partial charge in [-0.25, -0.2) is 4.98 Å². The molecule has 2 aromatic rings. The molecule has 2 N–H and O–H groups in total. The zero-order chi connectivity index (χ0) is 13.7. The standard InChI is InChI=1S/C15H17NO3/c1-11(18)13-6-8-16-15(10-13)19-14-4-2-12(3-5-14)7-9-17/h2-6,8,10-11,17-18H,7,9H2,1H3/t11-/m1/s1. The fourth-order valence-corrected chi connectivity index (χ4v) is 1.71. The average Bonchev–Trinajstić information content (AvgIpc) is 2.42. The first-order chi connectivity index (χ1) is 9.19. The van der Waals surface area contributed by atoms with Crippen LogP contribution in [0, 0.1) is 0 Å². The number of pyridine rings is 1. The molecule has 4 heteroatoms. The third-order valence-electron chi connectivity index (χ3n) is 2.79. The van der Waals surface area contributed by atoms with Gasteiger partial charge in [-0.05, 0) is 42.7 Å². The zero-order valence-electron chi connectivity index (χ0n) is 10.8. The van der Waals surface area contributed by atoms with Crippen molar-refractivity contribution in [1.82, 2.24) is 4.98 Å². The first-order valence-corrected chi connectivity index (χ1v) is 6.20. The summed E-state index contributed by atoms with van der Waals surface area (Å²) in [6.45, 7) is 1.83. The van der Waals surface area contributed by atoms with Gasteiger partial charge in [0.25, 0.3) is 0 Å². The smallest absolute Gasteiger partial charge is 0.219 e. The fraction of sp³-hybridized carbons (Fsp3) is 0.267. The van der Waals surface area contributed by atoms with Crippen LogP contribution in [0.5, 0.6) is 11.6 Å². The highest BCUT2D eigenvalue weighted by molar-refractivity contribution is 5.32. The van der Waals surface area contributed by atoms with E-state index in [0.29, 0.717) is 18.1 Å². The predicted molar refractivity (Wildman–Crippen MR) is 72.2 cm³/mol. The summed E-state index contributed by atoms with van der Waals surface area (Å²) in [7, 11) is 0. The van der Waals surface area contributed by atoms with E-state index in [1.54, 1.807) is 25.3 Å². The van der Waals surface area contributed by atoms with Gasteiger partial charge in [0.1, 0.15) is 5.75 Å². The van der Waals surface area contributed by atoms with Gasteiger partial charge in [-0.2, -0.15) is 0 Å². The van der Waals surface area contributed by atoms with Crippen molar-refractivity contribution in [1.29, 1.82) is 0 Å². The molecule has 100 valence electrons. The van der Waals surface area contributed by atoms with Gasteiger partial charge in [-0.15, -0.1) is 0 Å². The highest BCUT2D eigenvalue weighted by Crippen LogP contribution is 2.22. The quantitative estimate of drug-likeness (QED) is 0.865. The van der Waals surface area contributed by atoms with Crippen molar-refractivity contribution in [2.75, 3.05) is 6.61 Å². The number of aliphatic hydroxyl groups excluding tert-OH is 2. The van der Waals surface area contributed by atoms with Crippen LogP contribution in [0.1, 0.15) is 24.2 Å². The van der Waals surface area contributed by atoms with Gasteiger partial charge < -0.3 is 14.9 Å². The summed E-state index contributed by atoms with van der Waals surface area (Å²) in [4.78, 5) is 4.10. The Bertz CT molecular complexity index is 523. The number of aromatic nitrogens is 1. The minimum Gasteiger partial charge on any atom is -0.439 e. The van der Waals surface area contributed by atoms with E-state index >= 15 is 0 Å². The van der Waals surface area contributed by atoms with E-state index in [0.717, 1.165) is 11.1 Å². The van der Waals surface area contributed by atoms with Gasteiger partial charge in [-0.3, -0.25) is 0 Å². The van der Waals surface area contributed by atoms with Crippen LogP contribution in [0.15, 0.2) is 42.6 Å². The summed E-state index contributed by atoms with van der Waals surface area (Å²) in [6.07, 6.45) is 1.70. The minimum absolute atomic E-state index is 0.137. The molecule has 0 radical (unpaired) electrons. The number of hydrogen-bond donors (Lipinski definition) is 2. The van der Waals surface area contributed by atoms with Crippen LogP contribution in [0.25, 0.3) is 0 Å². The second-order valence-corrected chi connectivity index (χ2v) is 4.32. The Morgan fingerprint density at radius 3 is 2.58 bits per heavy atom. The van der Waals surface area contributed by atoms with Crippen molar-refractivity contribution in [2.45, 2.75) is 19.4 Å². The van der Waals surface area contributed by atoms with Gasteiger partial charge in [0.15, 0.2) is 0 Å². The molecule has 1 aromatic carbocycles. The van der Waals surface area contributed by atoms with Crippen molar-refractivity contribution >= 4 is 0 Å². The van der Waals surface area contributed by atoms with Gasteiger partial charge in [-0.1, -0.05) is 12.1 Å². The number of rotatable bonds is 5. The summed E-state index contributed by atoms with van der Waals surface area (Å²) in [5.41, 5.74) is 1.82. The fourth-order valence-electron chi connectivity index (χ4n) is 1.71. The molecular formula is C15H17NO3. The van der Waals surface area contributed by atoms with Crippen LogP contribution in [0.2, 0.25) is 0 Å². The molecule has 0 unspecified atom stereocenters. The Morgan fingerprint density at radius 1 is 1.21 bits per heavy atom. The van der Waals surface area contributed by atoms with Crippen molar-refractivity contribution in [3.8, 4) is 11.6 Å². The maximum atomic E-state index is 9.50. The minimum atomic E-state index is -0.544. The zero-order valence-corrected chi connectivity index (χ0v) is 10.8. The van der Waals surface area contributed by atoms with Crippen LogP contribution in [0.3, 0.4) is 0 Å². The second kappa shape index (κ2) is 6.31. The molecule has 0 saturated heterocycles. The Hall–Kier alpha value is -1.91. The molecule has 0 fully saturated rings. The van der Waals surface area contributed by atoms with Crippen LogP contribution < -0.4 is 4.74 Å². The lowest BCUT2D eigenvalue weighted by atomic mass is 10.1. The number of ether oxygens (including phenoxy) is 1. The molecule has 0 bridgehead atoms. The summed E-state index contributed by atoms with van der Waals surface area (Å²) >= 11 is 0. The molecule has 0 amide bonds. The monoisotopic (exact) mass is 259 g/mol. The Balaban J connectivity index is 2.10. The third-order valence-corrected chi connectivity index (χ3v) is 2.79. The largest absolute Gasteiger partial charge is 0.439 e. The maximum absolute atomic E-state index is 9.50. The van der Waals surface area contributed by atoms with Gasteiger partial charge in [0, 0.05) is 18.9 Å². The van der Waals surface area contributed by atoms with E-state index < -0.39 is 6.10 Å². The van der Waals surface area contributed by atoms with Crippen molar-refractivity contribution < 1.29 is 14.9 Å². The Morgan fingerprint density at radius 2 is 1.95 bits per heavy atom. The molecule has 0 aliphatic rings. The van der Waals surface area contributed by atoms with Gasteiger partial charge in [0.2, 0.25) is 5.88 Å². The normalized spacial score (nSPS) is 12.2. The molecule has 0 aliphatic carbocycles. The molecule has 0 aliphatic heterocycles. The summed E-state index contributed by atoms with van der Waals surface area (Å²) in [5.74, 6) is 1.13. The average molecular weight is 259 g/mol. The predicted octanol–water partition coefficient (Wildman–Crippen LogP) is 2.46. The topological polar surface area (TPSA) is 62.6 Å². The van der Waals surface area contributed by atoms with E-state index in [1.165, 1.54) is 0 Å². The summed E-state index contributed by atoms with van der Waals surface area (Å²) in [5, 5.41) is 18.3. The molecule has 19 heavy (non-hydrogen) atoms. The van der Waals surface area contributed by atoms with E-state index in [2.05, 4.69) is 4.98 Å². The Labute approximate surface area is 112 Å². The third kappa shape index (κ3) is 3.77. The van der Waals surface area contributed by atoms with Gasteiger partial charge >= 0.3 is 0 Å². The van der Waals surface area contributed by atoms with Crippen molar-refractivity contribution in [3.05, 3.63) is 53.7 Å². The van der Waals surface area contributed by atoms with E-state index in [1.807, 2.05) is 24.3 Å². The number of aliphatic hydroxyl groups is 2. The molecule has 0 spiro atoms. The van der Waals surface area contributed by atoms with E-state index in [4.69, 9.17) is 9.84 Å². The number of nitrogens with zero attached hydrogens (tertiary/aromatic N) is 1. The molecule has 1 heterocycles. The number of benzene rings is 1. The van der Waals surface area contributed by atoms with Crippen LogP contribution in [-0.4, -0.2) is 21.8 Å². The number of hydrogen-bond acceptors (Lipinski definition) is 4. The van der Waals surface area contributed by atoms with Crippen molar-refractivity contribution in [2.24, 2.45) is 0 Å². The second-order valence-electron chi connectivity index (χ2n) is 4.32. The lowest BCUT2D eigenvalue weighted by molar-refractivity contribution is 0.198. The first kappa shape index (κ1) is 13.5. The molecule has 0 saturated carbocycles. The molecule has 4 nitrogen and oxygen atoms in total. The van der Waals surface area contributed by atoms with Gasteiger partial charge in [0.05, 0.1) is 6.10 Å². The first-order valence-electron chi connectivity index (χ1n) is 6.20. The van der Waals surface area contributed by atoms with Crippen LogP contribution in [0.4, 0.5) is 0 Å². The van der Waals surface area contributed by atoms with Crippen molar-refractivity contribution in [3.63, 3.8) is 0 Å². The molecular weight excluding hydrogens is 242 g/mol. The maximum Gasteiger partial charge on any atom is 0.219 e. The lowest BCUT2D eigenvalue weighted by Gasteiger charge is -2.08. The van der Waals surface area contributed by atoms with E-state index in [9.17, 15) is 5.11 Å². The van der Waals surface area contributed by atoms with Crippen LogP contribution >= 0.6 is 0 Å². The molecule has 1 aromatic heterocycles. The molecule has 1 atom stereocenters. The highest BCUT2D eigenvalue weighted by atomic mass is 16.5. The van der Waals surface area contributed by atoms with E-state index in [-0.39, 0.29) is 6.61 Å². The molecule has 2 rings (SSSR count).